The lowest BCUT2D eigenvalue weighted by molar-refractivity contribution is -0.141. The van der Waals surface area contributed by atoms with Crippen molar-refractivity contribution in [2.75, 3.05) is 21.3 Å². The fourth-order valence-corrected chi connectivity index (χ4v) is 4.64. The zero-order valence-electron chi connectivity index (χ0n) is 23.3. The van der Waals surface area contributed by atoms with Crippen LogP contribution in [-0.4, -0.2) is 38.0 Å². The third-order valence-electron chi connectivity index (χ3n) is 6.69. The van der Waals surface area contributed by atoms with Gasteiger partial charge in [0, 0.05) is 18.1 Å². The van der Waals surface area contributed by atoms with E-state index >= 15 is 0 Å². The summed E-state index contributed by atoms with van der Waals surface area (Å²) in [5.41, 5.74) is 3.20. The molecule has 41 heavy (non-hydrogen) atoms. The first-order chi connectivity index (χ1) is 19.9. The van der Waals surface area contributed by atoms with Crippen molar-refractivity contribution in [3.8, 4) is 17.2 Å². The third kappa shape index (κ3) is 7.80. The van der Waals surface area contributed by atoms with E-state index in [0.29, 0.717) is 34.4 Å². The lowest BCUT2D eigenvalue weighted by atomic mass is 10.0. The van der Waals surface area contributed by atoms with E-state index in [1.54, 1.807) is 50.5 Å². The Labute approximate surface area is 245 Å². The Kier molecular flexibility index (Phi) is 10.2. The van der Waals surface area contributed by atoms with Gasteiger partial charge in [-0.25, -0.2) is 0 Å². The summed E-state index contributed by atoms with van der Waals surface area (Å²) in [5, 5.41) is 3.64. The molecular formula is C33H33ClN2O5. The summed E-state index contributed by atoms with van der Waals surface area (Å²) in [6.07, 6.45) is 0.0598. The predicted molar refractivity (Wildman–Crippen MR) is 159 cm³/mol. The average molecular weight is 573 g/mol. The molecule has 0 saturated carbocycles. The first-order valence-electron chi connectivity index (χ1n) is 13.1. The normalized spacial score (nSPS) is 11.3. The molecule has 0 radical (unpaired) electrons. The molecule has 1 N–H and O–H groups in total. The number of nitrogens with zero attached hydrogens (tertiary/aromatic N) is 1. The second-order valence-electron chi connectivity index (χ2n) is 9.39. The van der Waals surface area contributed by atoms with Crippen LogP contribution in [0.25, 0.3) is 0 Å². The molecule has 0 bridgehead atoms. The van der Waals surface area contributed by atoms with Gasteiger partial charge in [0.2, 0.25) is 11.8 Å². The van der Waals surface area contributed by atoms with Crippen LogP contribution in [0.15, 0.2) is 97.1 Å². The monoisotopic (exact) mass is 572 g/mol. The molecule has 212 valence electrons. The average Bonchev–Trinajstić information content (AvgIpc) is 3.01. The number of carbonyl (C=O) groups excluding carboxylic acids is 2. The molecule has 2 amide bonds. The number of methoxy groups -OCH3 is 3. The van der Waals surface area contributed by atoms with Crippen molar-refractivity contribution in [1.82, 2.24) is 10.2 Å². The van der Waals surface area contributed by atoms with Crippen LogP contribution < -0.4 is 19.5 Å². The number of ether oxygens (including phenoxy) is 3. The lowest BCUT2D eigenvalue weighted by Gasteiger charge is -2.32. The quantitative estimate of drug-likeness (QED) is 0.225. The fraction of sp³-hybridized carbons (Fsp3) is 0.212. The maximum Gasteiger partial charge on any atom is 0.247 e. The smallest absolute Gasteiger partial charge is 0.247 e. The van der Waals surface area contributed by atoms with Gasteiger partial charge >= 0.3 is 0 Å². The van der Waals surface area contributed by atoms with E-state index in [9.17, 15) is 9.59 Å². The molecule has 4 rings (SSSR count). The molecule has 0 aromatic heterocycles. The highest BCUT2D eigenvalue weighted by Crippen LogP contribution is 2.30. The van der Waals surface area contributed by atoms with Gasteiger partial charge in [-0.1, -0.05) is 72.3 Å². The molecule has 0 aliphatic rings. The number of rotatable bonds is 12. The fourth-order valence-electron chi connectivity index (χ4n) is 4.51. The van der Waals surface area contributed by atoms with E-state index in [-0.39, 0.29) is 24.8 Å². The maximum atomic E-state index is 14.1. The second-order valence-corrected chi connectivity index (χ2v) is 9.83. The standard InChI is InChI=1S/C33H33ClN2O5/c1-39-28-16-11-24(12-17-28)22-36(31(37)20-25-13-18-29(40-2)30(19-25)41-3)32(26-7-5-4-6-8-26)33(38)35-21-23-9-14-27(34)15-10-23/h4-19,32H,20-22H2,1-3H3,(H,35,38)/t32-/m1/s1. The Morgan fingerprint density at radius 3 is 2.02 bits per heavy atom. The summed E-state index contributed by atoms with van der Waals surface area (Å²) in [4.78, 5) is 29.5. The number of benzene rings is 4. The van der Waals surface area contributed by atoms with Gasteiger partial charge < -0.3 is 24.4 Å². The van der Waals surface area contributed by atoms with Gasteiger partial charge in [-0.2, -0.15) is 0 Å². The minimum absolute atomic E-state index is 0.0598. The zero-order valence-corrected chi connectivity index (χ0v) is 24.1. The van der Waals surface area contributed by atoms with Crippen molar-refractivity contribution < 1.29 is 23.8 Å². The first kappa shape index (κ1) is 29.5. The van der Waals surface area contributed by atoms with E-state index in [0.717, 1.165) is 16.7 Å². The minimum atomic E-state index is -0.877. The summed E-state index contributed by atoms with van der Waals surface area (Å²) in [7, 11) is 4.71. The van der Waals surface area contributed by atoms with Gasteiger partial charge in [-0.15, -0.1) is 0 Å². The Hall–Kier alpha value is -4.49. The van der Waals surface area contributed by atoms with Crippen LogP contribution in [0.4, 0.5) is 0 Å². The van der Waals surface area contributed by atoms with E-state index < -0.39 is 6.04 Å². The topological polar surface area (TPSA) is 77.1 Å². The summed E-state index contributed by atoms with van der Waals surface area (Å²) < 4.78 is 16.1. The summed E-state index contributed by atoms with van der Waals surface area (Å²) in [5.74, 6) is 1.29. The highest BCUT2D eigenvalue weighted by atomic mass is 35.5. The van der Waals surface area contributed by atoms with Crippen LogP contribution in [0.3, 0.4) is 0 Å². The SMILES string of the molecule is COc1ccc(CN(C(=O)Cc2ccc(OC)c(OC)c2)[C@@H](C(=O)NCc2ccc(Cl)cc2)c2ccccc2)cc1. The molecule has 8 heteroatoms. The van der Waals surface area contributed by atoms with Gasteiger partial charge in [0.05, 0.1) is 27.8 Å². The largest absolute Gasteiger partial charge is 0.497 e. The lowest BCUT2D eigenvalue weighted by Crippen LogP contribution is -2.43. The summed E-state index contributed by atoms with van der Waals surface area (Å²) >= 11 is 6.03. The highest BCUT2D eigenvalue weighted by molar-refractivity contribution is 6.30. The molecule has 7 nitrogen and oxygen atoms in total. The molecule has 0 heterocycles. The van der Waals surface area contributed by atoms with Crippen LogP contribution in [0, 0.1) is 0 Å². The Bertz CT molecular complexity index is 1440. The number of halogens is 1. The predicted octanol–water partition coefficient (Wildman–Crippen LogP) is 5.99. The van der Waals surface area contributed by atoms with E-state index in [4.69, 9.17) is 25.8 Å². The van der Waals surface area contributed by atoms with E-state index in [1.165, 1.54) is 0 Å². The Balaban J connectivity index is 1.68. The molecular weight excluding hydrogens is 540 g/mol. The van der Waals surface area contributed by atoms with Crippen molar-refractivity contribution in [2.24, 2.45) is 0 Å². The Morgan fingerprint density at radius 2 is 1.39 bits per heavy atom. The van der Waals surface area contributed by atoms with Crippen LogP contribution in [0.2, 0.25) is 5.02 Å². The van der Waals surface area contributed by atoms with Gasteiger partial charge in [0.1, 0.15) is 11.8 Å². The highest BCUT2D eigenvalue weighted by Gasteiger charge is 2.31. The number of amides is 2. The van der Waals surface area contributed by atoms with E-state index in [1.807, 2.05) is 72.8 Å². The van der Waals surface area contributed by atoms with Crippen LogP contribution in [0.5, 0.6) is 17.2 Å². The second kappa shape index (κ2) is 14.2. The van der Waals surface area contributed by atoms with Crippen molar-refractivity contribution >= 4 is 23.4 Å². The molecule has 0 saturated heterocycles. The van der Waals surface area contributed by atoms with Crippen molar-refractivity contribution in [1.29, 1.82) is 0 Å². The van der Waals surface area contributed by atoms with Crippen molar-refractivity contribution in [3.05, 3.63) is 124 Å². The van der Waals surface area contributed by atoms with Gasteiger partial charge in [0.25, 0.3) is 0 Å². The Morgan fingerprint density at radius 1 is 0.756 bits per heavy atom. The molecule has 0 spiro atoms. The molecule has 0 unspecified atom stereocenters. The molecule has 4 aromatic carbocycles. The molecule has 0 aliphatic carbocycles. The number of hydrogen-bond acceptors (Lipinski definition) is 5. The van der Waals surface area contributed by atoms with Crippen LogP contribution in [0.1, 0.15) is 28.3 Å². The summed E-state index contributed by atoms with van der Waals surface area (Å²) in [6.45, 7) is 0.504. The third-order valence-corrected chi connectivity index (χ3v) is 6.94. The van der Waals surface area contributed by atoms with Crippen LogP contribution >= 0.6 is 11.6 Å². The van der Waals surface area contributed by atoms with Gasteiger partial charge in [-0.3, -0.25) is 9.59 Å². The van der Waals surface area contributed by atoms with Crippen molar-refractivity contribution in [2.45, 2.75) is 25.6 Å². The molecule has 0 fully saturated rings. The summed E-state index contributed by atoms with van der Waals surface area (Å²) in [6, 6.07) is 28.5. The van der Waals surface area contributed by atoms with Crippen molar-refractivity contribution in [3.63, 3.8) is 0 Å². The van der Waals surface area contributed by atoms with E-state index in [2.05, 4.69) is 5.32 Å². The van der Waals surface area contributed by atoms with Crippen LogP contribution in [-0.2, 0) is 29.1 Å². The number of hydrogen-bond donors (Lipinski definition) is 1. The van der Waals surface area contributed by atoms with Gasteiger partial charge in [0.15, 0.2) is 11.5 Å². The molecule has 0 aliphatic heterocycles. The minimum Gasteiger partial charge on any atom is -0.497 e. The number of carbonyl (C=O) groups is 2. The molecule has 1 atom stereocenters. The first-order valence-corrected chi connectivity index (χ1v) is 13.5. The zero-order chi connectivity index (χ0) is 29.2. The van der Waals surface area contributed by atoms with Gasteiger partial charge in [-0.05, 0) is 58.7 Å². The number of nitrogens with one attached hydrogen (secondary N) is 1. The molecule has 4 aromatic rings. The maximum absolute atomic E-state index is 14.1.